The van der Waals surface area contributed by atoms with E-state index in [-0.39, 0.29) is 12.6 Å². The van der Waals surface area contributed by atoms with Crippen molar-refractivity contribution in [1.82, 2.24) is 0 Å². The van der Waals surface area contributed by atoms with Crippen molar-refractivity contribution in [3.63, 3.8) is 0 Å². The van der Waals surface area contributed by atoms with Crippen molar-refractivity contribution in [1.29, 1.82) is 0 Å². The summed E-state index contributed by atoms with van der Waals surface area (Å²) < 4.78 is 0. The van der Waals surface area contributed by atoms with Gasteiger partial charge >= 0.3 is 0 Å². The van der Waals surface area contributed by atoms with E-state index in [1.807, 2.05) is 18.7 Å². The summed E-state index contributed by atoms with van der Waals surface area (Å²) in [6.07, 6.45) is 0.630. The molecular weight excluding hydrogens is 230 g/mol. The van der Waals surface area contributed by atoms with Gasteiger partial charge in [0.2, 0.25) is 0 Å². The molecule has 0 spiro atoms. The van der Waals surface area contributed by atoms with Gasteiger partial charge < -0.3 is 21.5 Å². The molecule has 0 aliphatic carbocycles. The Bertz CT molecular complexity index is 419. The highest BCUT2D eigenvalue weighted by atomic mass is 16.3. The smallest absolute Gasteiger partial charge is 0.250 e. The Morgan fingerprint density at radius 1 is 1.44 bits per heavy atom. The maximum atomic E-state index is 11.4. The third-order valence-electron chi connectivity index (χ3n) is 2.78. The van der Waals surface area contributed by atoms with Crippen LogP contribution in [0.15, 0.2) is 18.2 Å². The van der Waals surface area contributed by atoms with Gasteiger partial charge in [0.15, 0.2) is 0 Å². The van der Waals surface area contributed by atoms with Crippen molar-refractivity contribution in [3.8, 4) is 0 Å². The summed E-state index contributed by atoms with van der Waals surface area (Å²) >= 11 is 0. The third-order valence-corrected chi connectivity index (χ3v) is 2.78. The Kier molecular flexibility index (Phi) is 4.97. The average Bonchev–Trinajstić information content (AvgIpc) is 2.28. The summed E-state index contributed by atoms with van der Waals surface area (Å²) in [5, 5.41) is 8.93. The standard InChI is InChI=1S/C13H21N3O2/c1-9(2)16(6-3-7-17)12-8-10(14)4-5-11(12)13(15)18/h4-5,8-9,17H,3,6-7,14H2,1-2H3,(H2,15,18). The van der Waals surface area contributed by atoms with Crippen molar-refractivity contribution in [3.05, 3.63) is 23.8 Å². The molecule has 1 aromatic carbocycles. The largest absolute Gasteiger partial charge is 0.399 e. The molecule has 5 heteroatoms. The molecular formula is C13H21N3O2. The predicted octanol–water partition coefficient (Wildman–Crippen LogP) is 0.965. The first kappa shape index (κ1) is 14.3. The number of rotatable bonds is 6. The molecule has 0 unspecified atom stereocenters. The highest BCUT2D eigenvalue weighted by molar-refractivity contribution is 5.99. The van der Waals surface area contributed by atoms with Crippen molar-refractivity contribution in [2.45, 2.75) is 26.3 Å². The molecule has 0 bridgehead atoms. The van der Waals surface area contributed by atoms with Gasteiger partial charge in [0, 0.05) is 24.9 Å². The van der Waals surface area contributed by atoms with Crippen molar-refractivity contribution in [2.75, 3.05) is 23.8 Å². The van der Waals surface area contributed by atoms with Gasteiger partial charge in [-0.1, -0.05) is 0 Å². The zero-order valence-corrected chi connectivity index (χ0v) is 10.9. The molecule has 1 aromatic rings. The van der Waals surface area contributed by atoms with Gasteiger partial charge in [-0.05, 0) is 38.5 Å². The van der Waals surface area contributed by atoms with Gasteiger partial charge in [0.25, 0.3) is 5.91 Å². The molecule has 1 rings (SSSR count). The number of carbonyl (C=O) groups is 1. The Hall–Kier alpha value is -1.75. The van der Waals surface area contributed by atoms with Gasteiger partial charge in [0.1, 0.15) is 0 Å². The van der Waals surface area contributed by atoms with Crippen LogP contribution < -0.4 is 16.4 Å². The van der Waals surface area contributed by atoms with E-state index in [9.17, 15) is 4.79 Å². The number of nitrogens with zero attached hydrogens (tertiary/aromatic N) is 1. The topological polar surface area (TPSA) is 92.6 Å². The first-order valence-electron chi connectivity index (χ1n) is 6.04. The van der Waals surface area contributed by atoms with E-state index in [0.717, 1.165) is 5.69 Å². The van der Waals surface area contributed by atoms with E-state index in [2.05, 4.69) is 0 Å². The number of anilines is 2. The molecule has 0 aliphatic rings. The Morgan fingerprint density at radius 3 is 2.61 bits per heavy atom. The molecule has 5 nitrogen and oxygen atoms in total. The summed E-state index contributed by atoms with van der Waals surface area (Å²) in [7, 11) is 0. The molecule has 0 heterocycles. The van der Waals surface area contributed by atoms with Gasteiger partial charge in [-0.25, -0.2) is 0 Å². The quantitative estimate of drug-likeness (QED) is 0.657. The number of amides is 1. The summed E-state index contributed by atoms with van der Waals surface area (Å²) in [6.45, 7) is 4.80. The van der Waals surface area contributed by atoms with Crippen LogP contribution in [0, 0.1) is 0 Å². The van der Waals surface area contributed by atoms with Crippen LogP contribution in [-0.4, -0.2) is 30.2 Å². The summed E-state index contributed by atoms with van der Waals surface area (Å²) in [6, 6.07) is 5.24. The molecule has 0 aliphatic heterocycles. The zero-order chi connectivity index (χ0) is 13.7. The number of benzene rings is 1. The van der Waals surface area contributed by atoms with Crippen LogP contribution in [0.5, 0.6) is 0 Å². The summed E-state index contributed by atoms with van der Waals surface area (Å²) in [5.41, 5.74) is 12.9. The molecule has 0 atom stereocenters. The average molecular weight is 251 g/mol. The molecule has 5 N–H and O–H groups in total. The second-order valence-electron chi connectivity index (χ2n) is 4.51. The van der Waals surface area contributed by atoms with Crippen LogP contribution >= 0.6 is 0 Å². The van der Waals surface area contributed by atoms with E-state index in [4.69, 9.17) is 16.6 Å². The van der Waals surface area contributed by atoms with Crippen molar-refractivity contribution < 1.29 is 9.90 Å². The lowest BCUT2D eigenvalue weighted by atomic mass is 10.1. The maximum absolute atomic E-state index is 11.4. The number of hydrogen-bond acceptors (Lipinski definition) is 4. The van der Waals surface area contributed by atoms with Crippen LogP contribution in [0.3, 0.4) is 0 Å². The SMILES string of the molecule is CC(C)N(CCCO)c1cc(N)ccc1C(N)=O. The van der Waals surface area contributed by atoms with E-state index in [1.54, 1.807) is 18.2 Å². The lowest BCUT2D eigenvalue weighted by Crippen LogP contribution is -2.34. The van der Waals surface area contributed by atoms with E-state index in [1.165, 1.54) is 0 Å². The molecule has 0 aromatic heterocycles. The second kappa shape index (κ2) is 6.26. The number of carbonyl (C=O) groups excluding carboxylic acids is 1. The highest BCUT2D eigenvalue weighted by Crippen LogP contribution is 2.25. The van der Waals surface area contributed by atoms with Crippen LogP contribution in [0.1, 0.15) is 30.6 Å². The van der Waals surface area contributed by atoms with E-state index < -0.39 is 5.91 Å². The van der Waals surface area contributed by atoms with Crippen LogP contribution in [0.4, 0.5) is 11.4 Å². The monoisotopic (exact) mass is 251 g/mol. The minimum atomic E-state index is -0.473. The van der Waals surface area contributed by atoms with Crippen LogP contribution in [-0.2, 0) is 0 Å². The zero-order valence-electron chi connectivity index (χ0n) is 10.9. The number of nitrogen functional groups attached to an aromatic ring is 1. The Balaban J connectivity index is 3.16. The maximum Gasteiger partial charge on any atom is 0.250 e. The molecule has 0 radical (unpaired) electrons. The number of primary amides is 1. The van der Waals surface area contributed by atoms with Crippen molar-refractivity contribution in [2.24, 2.45) is 5.73 Å². The third kappa shape index (κ3) is 3.37. The lowest BCUT2D eigenvalue weighted by Gasteiger charge is -2.30. The molecule has 0 fully saturated rings. The van der Waals surface area contributed by atoms with Crippen LogP contribution in [0.2, 0.25) is 0 Å². The second-order valence-corrected chi connectivity index (χ2v) is 4.51. The molecule has 100 valence electrons. The van der Waals surface area contributed by atoms with Gasteiger partial charge in [0.05, 0.1) is 11.3 Å². The predicted molar refractivity (Wildman–Crippen MR) is 73.6 cm³/mol. The molecule has 0 saturated carbocycles. The number of hydrogen-bond donors (Lipinski definition) is 3. The van der Waals surface area contributed by atoms with Gasteiger partial charge in [-0.3, -0.25) is 4.79 Å². The fourth-order valence-corrected chi connectivity index (χ4v) is 1.89. The van der Waals surface area contributed by atoms with Crippen molar-refractivity contribution >= 4 is 17.3 Å². The Labute approximate surface area is 107 Å². The first-order valence-corrected chi connectivity index (χ1v) is 6.04. The summed E-state index contributed by atoms with van der Waals surface area (Å²) in [4.78, 5) is 13.5. The summed E-state index contributed by atoms with van der Waals surface area (Å²) in [5.74, 6) is -0.473. The molecule has 18 heavy (non-hydrogen) atoms. The number of aliphatic hydroxyl groups is 1. The minimum absolute atomic E-state index is 0.109. The Morgan fingerprint density at radius 2 is 2.11 bits per heavy atom. The fraction of sp³-hybridized carbons (Fsp3) is 0.462. The first-order chi connectivity index (χ1) is 8.47. The number of nitrogens with two attached hydrogens (primary N) is 2. The van der Waals surface area contributed by atoms with Crippen LogP contribution in [0.25, 0.3) is 0 Å². The normalized spacial score (nSPS) is 10.7. The highest BCUT2D eigenvalue weighted by Gasteiger charge is 2.17. The minimum Gasteiger partial charge on any atom is -0.399 e. The number of aliphatic hydroxyl groups excluding tert-OH is 1. The fourth-order valence-electron chi connectivity index (χ4n) is 1.89. The molecule has 1 amide bonds. The van der Waals surface area contributed by atoms with E-state index >= 15 is 0 Å². The van der Waals surface area contributed by atoms with E-state index in [0.29, 0.717) is 24.2 Å². The van der Waals surface area contributed by atoms with Gasteiger partial charge in [-0.2, -0.15) is 0 Å². The molecule has 0 saturated heterocycles. The lowest BCUT2D eigenvalue weighted by molar-refractivity contribution is 0.100. The van der Waals surface area contributed by atoms with Gasteiger partial charge in [-0.15, -0.1) is 0 Å².